The first-order chi connectivity index (χ1) is 12.0. The summed E-state index contributed by atoms with van der Waals surface area (Å²) in [6.45, 7) is 1.87. The number of carbonyl (C=O) groups is 1. The molecule has 0 aliphatic heterocycles. The monoisotopic (exact) mass is 340 g/mol. The van der Waals surface area contributed by atoms with E-state index < -0.39 is 11.2 Å². The highest BCUT2D eigenvalue weighted by atomic mass is 16.2. The Balaban J connectivity index is 2.10. The fraction of sp³-hybridized carbons (Fsp3) is 0.278. The van der Waals surface area contributed by atoms with E-state index in [1.807, 2.05) is 24.3 Å². The second-order valence-corrected chi connectivity index (χ2v) is 5.53. The average Bonchev–Trinajstić information content (AvgIpc) is 2.61. The van der Waals surface area contributed by atoms with Gasteiger partial charge in [-0.3, -0.25) is 14.6 Å². The summed E-state index contributed by atoms with van der Waals surface area (Å²) >= 11 is 0. The predicted octanol–water partition coefficient (Wildman–Crippen LogP) is 0.886. The zero-order valence-electron chi connectivity index (χ0n) is 14.0. The Morgan fingerprint density at radius 3 is 2.52 bits per heavy atom. The van der Waals surface area contributed by atoms with Gasteiger partial charge in [0.2, 0.25) is 5.91 Å². The van der Waals surface area contributed by atoms with Crippen LogP contribution < -0.4 is 22.3 Å². The van der Waals surface area contributed by atoms with Crippen LogP contribution in [0.4, 0.5) is 11.5 Å². The van der Waals surface area contributed by atoms with Gasteiger partial charge in [-0.1, -0.05) is 37.1 Å². The van der Waals surface area contributed by atoms with Gasteiger partial charge >= 0.3 is 5.69 Å². The van der Waals surface area contributed by atoms with Crippen molar-refractivity contribution < 1.29 is 4.79 Å². The Kier molecular flexibility index (Phi) is 5.79. The summed E-state index contributed by atoms with van der Waals surface area (Å²) in [7, 11) is 0. The number of nitrogens with zero attached hydrogens (tertiary/aromatic N) is 1. The van der Waals surface area contributed by atoms with E-state index in [0.29, 0.717) is 6.42 Å². The van der Waals surface area contributed by atoms with E-state index in [9.17, 15) is 14.4 Å². The number of nitrogens with one attached hydrogen (secondary N) is 2. The maximum atomic E-state index is 12.2. The molecule has 2 rings (SSSR count). The molecule has 7 heteroatoms. The molecule has 0 fully saturated rings. The number of H-pyrrole nitrogens is 1. The van der Waals surface area contributed by atoms with Crippen molar-refractivity contribution in [2.75, 3.05) is 11.1 Å². The zero-order valence-corrected chi connectivity index (χ0v) is 14.0. The summed E-state index contributed by atoms with van der Waals surface area (Å²) in [6.07, 6.45) is 6.80. The third-order valence-electron chi connectivity index (χ3n) is 3.80. The highest BCUT2D eigenvalue weighted by Crippen LogP contribution is 2.10. The van der Waals surface area contributed by atoms with Crippen molar-refractivity contribution in [2.45, 2.75) is 32.7 Å². The number of terminal acetylenes is 1. The fourth-order valence-corrected chi connectivity index (χ4v) is 2.34. The lowest BCUT2D eigenvalue weighted by atomic mass is 10.1. The quantitative estimate of drug-likeness (QED) is 0.678. The second-order valence-electron chi connectivity index (χ2n) is 5.53. The van der Waals surface area contributed by atoms with E-state index in [1.165, 1.54) is 5.56 Å². The van der Waals surface area contributed by atoms with Crippen molar-refractivity contribution >= 4 is 17.4 Å². The number of aryl methyl sites for hydroxylation is 2. The van der Waals surface area contributed by atoms with Gasteiger partial charge in [0.1, 0.15) is 11.5 Å². The molecule has 0 spiro atoms. The lowest BCUT2D eigenvalue weighted by Crippen LogP contribution is -2.38. The molecule has 4 N–H and O–H groups in total. The molecule has 2 aromatic rings. The average molecular weight is 340 g/mol. The minimum Gasteiger partial charge on any atom is -0.383 e. The maximum Gasteiger partial charge on any atom is 0.330 e. The normalized spacial score (nSPS) is 10.2. The number of nitrogen functional groups attached to an aromatic ring is 1. The molecule has 1 amide bonds. The van der Waals surface area contributed by atoms with Crippen molar-refractivity contribution in [1.82, 2.24) is 9.55 Å². The van der Waals surface area contributed by atoms with Crippen LogP contribution in [-0.4, -0.2) is 15.5 Å². The first-order valence-electron chi connectivity index (χ1n) is 7.90. The molecule has 0 saturated heterocycles. The van der Waals surface area contributed by atoms with Crippen LogP contribution in [0.5, 0.6) is 0 Å². The first-order valence-corrected chi connectivity index (χ1v) is 7.90. The molecule has 0 atom stereocenters. The van der Waals surface area contributed by atoms with Crippen LogP contribution in [-0.2, 0) is 24.2 Å². The van der Waals surface area contributed by atoms with Crippen LogP contribution in [0.2, 0.25) is 0 Å². The molecular formula is C18H20N4O3. The molecule has 0 saturated carbocycles. The number of amides is 1. The largest absolute Gasteiger partial charge is 0.383 e. The van der Waals surface area contributed by atoms with Gasteiger partial charge in [0.25, 0.3) is 5.56 Å². The Labute approximate surface area is 144 Å². The number of aromatic amines is 1. The minimum atomic E-state index is -0.722. The molecule has 0 bridgehead atoms. The fourth-order valence-electron chi connectivity index (χ4n) is 2.34. The number of aromatic nitrogens is 2. The van der Waals surface area contributed by atoms with E-state index in [0.717, 1.165) is 16.6 Å². The summed E-state index contributed by atoms with van der Waals surface area (Å²) in [5, 5.41) is 2.46. The highest BCUT2D eigenvalue weighted by Gasteiger charge is 2.14. The molecule has 130 valence electrons. The molecule has 0 radical (unpaired) electrons. The van der Waals surface area contributed by atoms with Crippen LogP contribution in [0.15, 0.2) is 33.9 Å². The molecule has 25 heavy (non-hydrogen) atoms. The number of nitrogens with two attached hydrogens (primary N) is 1. The summed E-state index contributed by atoms with van der Waals surface area (Å²) < 4.78 is 0.801. The van der Waals surface area contributed by atoms with Gasteiger partial charge in [0, 0.05) is 6.42 Å². The smallest absolute Gasteiger partial charge is 0.330 e. The van der Waals surface area contributed by atoms with Gasteiger partial charge in [-0.05, 0) is 24.0 Å². The van der Waals surface area contributed by atoms with Crippen molar-refractivity contribution in [3.8, 4) is 12.3 Å². The van der Waals surface area contributed by atoms with E-state index in [2.05, 4.69) is 23.1 Å². The van der Waals surface area contributed by atoms with Crippen LogP contribution in [0.3, 0.4) is 0 Å². The molecule has 7 nitrogen and oxygen atoms in total. The highest BCUT2D eigenvalue weighted by molar-refractivity contribution is 5.92. The Bertz CT molecular complexity index is 917. The third-order valence-corrected chi connectivity index (χ3v) is 3.80. The lowest BCUT2D eigenvalue weighted by molar-refractivity contribution is -0.116. The van der Waals surface area contributed by atoms with Crippen LogP contribution >= 0.6 is 0 Å². The molecule has 0 unspecified atom stereocenters. The van der Waals surface area contributed by atoms with Crippen LogP contribution in [0.25, 0.3) is 0 Å². The standard InChI is InChI=1S/C18H20N4O3/c1-3-11-22-17(24)15(16(19)21-18(22)25)20-14(23)10-9-13-7-5-12(4-2)6-8-13/h1,5-8H,4,9-11,19H2,2H3,(H,20,23)(H,21,25). The Morgan fingerprint density at radius 1 is 1.28 bits per heavy atom. The van der Waals surface area contributed by atoms with Crippen molar-refractivity contribution in [1.29, 1.82) is 0 Å². The summed E-state index contributed by atoms with van der Waals surface area (Å²) in [5.74, 6) is 1.65. The van der Waals surface area contributed by atoms with Gasteiger partial charge in [-0.25, -0.2) is 9.36 Å². The third kappa shape index (κ3) is 4.38. The molecule has 0 aliphatic carbocycles. The van der Waals surface area contributed by atoms with E-state index in [1.54, 1.807) is 0 Å². The molecule has 0 aliphatic rings. The summed E-state index contributed by atoms with van der Waals surface area (Å²) in [4.78, 5) is 38.3. The molecule has 1 aromatic carbocycles. The first kappa shape index (κ1) is 18.1. The number of hydrogen-bond acceptors (Lipinski definition) is 4. The van der Waals surface area contributed by atoms with Gasteiger partial charge in [0.15, 0.2) is 0 Å². The summed E-state index contributed by atoms with van der Waals surface area (Å²) in [6, 6.07) is 7.98. The number of carbonyl (C=O) groups excluding carboxylic acids is 1. The van der Waals surface area contributed by atoms with Crippen LogP contribution in [0, 0.1) is 12.3 Å². The zero-order chi connectivity index (χ0) is 18.4. The van der Waals surface area contributed by atoms with E-state index >= 15 is 0 Å². The van der Waals surface area contributed by atoms with Gasteiger partial charge in [-0.2, -0.15) is 0 Å². The van der Waals surface area contributed by atoms with E-state index in [-0.39, 0.29) is 30.4 Å². The van der Waals surface area contributed by atoms with Gasteiger partial charge in [0.05, 0.1) is 6.54 Å². The second kappa shape index (κ2) is 8.02. The number of rotatable bonds is 6. The van der Waals surface area contributed by atoms with Crippen molar-refractivity contribution in [3.63, 3.8) is 0 Å². The van der Waals surface area contributed by atoms with Crippen LogP contribution in [0.1, 0.15) is 24.5 Å². The number of hydrogen-bond donors (Lipinski definition) is 3. The minimum absolute atomic E-state index is 0.166. The van der Waals surface area contributed by atoms with Crippen molar-refractivity contribution in [3.05, 3.63) is 56.2 Å². The Morgan fingerprint density at radius 2 is 1.92 bits per heavy atom. The number of benzene rings is 1. The topological polar surface area (TPSA) is 110 Å². The lowest BCUT2D eigenvalue weighted by Gasteiger charge is -2.09. The summed E-state index contributed by atoms with van der Waals surface area (Å²) in [5.41, 5.74) is 6.28. The number of anilines is 2. The predicted molar refractivity (Wildman–Crippen MR) is 97.3 cm³/mol. The Hall–Kier alpha value is -3.27. The molecular weight excluding hydrogens is 320 g/mol. The van der Waals surface area contributed by atoms with E-state index in [4.69, 9.17) is 12.2 Å². The maximum absolute atomic E-state index is 12.2. The van der Waals surface area contributed by atoms with Crippen molar-refractivity contribution in [2.24, 2.45) is 0 Å². The van der Waals surface area contributed by atoms with Gasteiger partial charge in [-0.15, -0.1) is 6.42 Å². The van der Waals surface area contributed by atoms with Gasteiger partial charge < -0.3 is 11.1 Å². The SMILES string of the molecule is C#CCn1c(=O)[nH]c(N)c(NC(=O)CCc2ccc(CC)cc2)c1=O. The molecule has 1 aromatic heterocycles. The molecule has 1 heterocycles.